The van der Waals surface area contributed by atoms with Crippen LogP contribution in [0.5, 0.6) is 0 Å². The molecule has 0 aliphatic carbocycles. The van der Waals surface area contributed by atoms with Crippen molar-refractivity contribution in [2.75, 3.05) is 27.2 Å². The normalized spacial score (nSPS) is 20.3. The molecule has 1 fully saturated rings. The van der Waals surface area contributed by atoms with E-state index in [0.717, 1.165) is 25.9 Å². The molecule has 0 radical (unpaired) electrons. The maximum Gasteiger partial charge on any atom is 0.254 e. The maximum absolute atomic E-state index is 12.4. The van der Waals surface area contributed by atoms with Gasteiger partial charge in [0.15, 0.2) is 0 Å². The Labute approximate surface area is 113 Å². The highest BCUT2D eigenvalue weighted by atomic mass is 16.3. The lowest BCUT2D eigenvalue weighted by Gasteiger charge is -2.35. The number of likely N-dealkylation sites (tertiary alicyclic amines) is 1. The summed E-state index contributed by atoms with van der Waals surface area (Å²) in [4.78, 5) is 20.5. The maximum atomic E-state index is 12.4. The number of amides is 1. The molecule has 0 aromatic carbocycles. The number of carbonyl (C=O) groups is 1. The summed E-state index contributed by atoms with van der Waals surface area (Å²) in [6, 6.07) is 3.62. The van der Waals surface area contributed by atoms with Crippen molar-refractivity contribution in [2.45, 2.75) is 25.5 Å². The van der Waals surface area contributed by atoms with Crippen LogP contribution in [-0.2, 0) is 6.61 Å². The summed E-state index contributed by atoms with van der Waals surface area (Å²) in [5.74, 6) is -0.00241. The second kappa shape index (κ2) is 6.12. The molecule has 1 aromatic rings. The number of aliphatic hydroxyl groups excluding tert-OH is 1. The Bertz CT molecular complexity index is 450. The van der Waals surface area contributed by atoms with Gasteiger partial charge in [0.1, 0.15) is 0 Å². The van der Waals surface area contributed by atoms with Crippen LogP contribution in [0.4, 0.5) is 0 Å². The van der Waals surface area contributed by atoms with Gasteiger partial charge < -0.3 is 14.9 Å². The van der Waals surface area contributed by atoms with E-state index in [-0.39, 0.29) is 18.6 Å². The summed E-state index contributed by atoms with van der Waals surface area (Å²) < 4.78 is 0. The second-order valence-electron chi connectivity index (χ2n) is 5.17. The average Bonchev–Trinajstić information content (AvgIpc) is 2.45. The van der Waals surface area contributed by atoms with Gasteiger partial charge in [0, 0.05) is 31.4 Å². The highest BCUT2D eigenvalue weighted by Crippen LogP contribution is 2.16. The predicted molar refractivity (Wildman–Crippen MR) is 72.8 cm³/mol. The molecule has 5 nitrogen and oxygen atoms in total. The summed E-state index contributed by atoms with van der Waals surface area (Å²) in [6.07, 6.45) is 3.74. The molecule has 1 aromatic heterocycles. The van der Waals surface area contributed by atoms with Crippen LogP contribution in [0.25, 0.3) is 0 Å². The fourth-order valence-electron chi connectivity index (χ4n) is 2.52. The SMILES string of the molecule is CN1CCCC(N(C)C(=O)c2ccnc(CO)c2)C1. The number of hydrogen-bond donors (Lipinski definition) is 1. The lowest BCUT2D eigenvalue weighted by atomic mass is 10.0. The zero-order valence-electron chi connectivity index (χ0n) is 11.5. The Kier molecular flexibility index (Phi) is 4.50. The van der Waals surface area contributed by atoms with Crippen molar-refractivity contribution < 1.29 is 9.90 Å². The summed E-state index contributed by atoms with van der Waals surface area (Å²) in [5, 5.41) is 9.07. The van der Waals surface area contributed by atoms with E-state index in [1.165, 1.54) is 0 Å². The van der Waals surface area contributed by atoms with Gasteiger partial charge in [0.2, 0.25) is 0 Å². The highest BCUT2D eigenvalue weighted by molar-refractivity contribution is 5.94. The van der Waals surface area contributed by atoms with Crippen LogP contribution in [0.1, 0.15) is 28.9 Å². The van der Waals surface area contributed by atoms with Crippen molar-refractivity contribution in [3.05, 3.63) is 29.6 Å². The molecular formula is C14H21N3O2. The molecule has 1 saturated heterocycles. The molecule has 0 spiro atoms. The first kappa shape index (κ1) is 14.0. The van der Waals surface area contributed by atoms with Crippen LogP contribution >= 0.6 is 0 Å². The molecule has 1 amide bonds. The third-order valence-electron chi connectivity index (χ3n) is 3.69. The molecule has 0 saturated carbocycles. The minimum absolute atomic E-state index is 0.00241. The fourth-order valence-corrected chi connectivity index (χ4v) is 2.52. The molecule has 0 bridgehead atoms. The predicted octanol–water partition coefficient (Wildman–Crippen LogP) is 0.740. The van der Waals surface area contributed by atoms with Gasteiger partial charge in [-0.1, -0.05) is 0 Å². The van der Waals surface area contributed by atoms with Gasteiger partial charge in [-0.15, -0.1) is 0 Å². The first-order chi connectivity index (χ1) is 9.11. The summed E-state index contributed by atoms with van der Waals surface area (Å²) in [6.45, 7) is 1.87. The van der Waals surface area contributed by atoms with Gasteiger partial charge in [0.05, 0.1) is 12.3 Å². The number of aromatic nitrogens is 1. The number of nitrogens with zero attached hydrogens (tertiary/aromatic N) is 3. The Morgan fingerprint density at radius 2 is 2.42 bits per heavy atom. The molecule has 2 heterocycles. The van der Waals surface area contributed by atoms with Crippen LogP contribution in [0.15, 0.2) is 18.3 Å². The molecule has 5 heteroatoms. The zero-order chi connectivity index (χ0) is 13.8. The number of carbonyl (C=O) groups excluding carboxylic acids is 1. The van der Waals surface area contributed by atoms with E-state index in [2.05, 4.69) is 16.9 Å². The van der Waals surface area contributed by atoms with Gasteiger partial charge in [0.25, 0.3) is 5.91 Å². The van der Waals surface area contributed by atoms with Gasteiger partial charge in [-0.25, -0.2) is 0 Å². The first-order valence-electron chi connectivity index (χ1n) is 6.63. The fraction of sp³-hybridized carbons (Fsp3) is 0.571. The van der Waals surface area contributed by atoms with Crippen LogP contribution in [0.2, 0.25) is 0 Å². The molecule has 1 atom stereocenters. The number of hydrogen-bond acceptors (Lipinski definition) is 4. The number of aliphatic hydroxyl groups is 1. The molecule has 1 aliphatic heterocycles. The second-order valence-corrected chi connectivity index (χ2v) is 5.17. The third-order valence-corrected chi connectivity index (χ3v) is 3.69. The number of pyridine rings is 1. The van der Waals surface area contributed by atoms with Crippen molar-refractivity contribution in [3.8, 4) is 0 Å². The van der Waals surface area contributed by atoms with E-state index < -0.39 is 0 Å². The van der Waals surface area contributed by atoms with Crippen LogP contribution < -0.4 is 0 Å². The van der Waals surface area contributed by atoms with Gasteiger partial charge in [-0.3, -0.25) is 9.78 Å². The summed E-state index contributed by atoms with van der Waals surface area (Å²) in [7, 11) is 3.94. The van der Waals surface area contributed by atoms with E-state index in [1.807, 2.05) is 11.9 Å². The van der Waals surface area contributed by atoms with E-state index in [9.17, 15) is 4.79 Å². The summed E-state index contributed by atoms with van der Waals surface area (Å²) in [5.41, 5.74) is 1.12. The summed E-state index contributed by atoms with van der Waals surface area (Å²) >= 11 is 0. The standard InChI is InChI=1S/C14H21N3O2/c1-16-7-3-4-13(9-16)17(2)14(19)11-5-6-15-12(8-11)10-18/h5-6,8,13,18H,3-4,7,9-10H2,1-2H3. The van der Waals surface area contributed by atoms with Crippen molar-refractivity contribution in [3.63, 3.8) is 0 Å². The van der Waals surface area contributed by atoms with E-state index >= 15 is 0 Å². The molecule has 104 valence electrons. The van der Waals surface area contributed by atoms with Crippen LogP contribution in [-0.4, -0.2) is 59.0 Å². The van der Waals surface area contributed by atoms with Crippen molar-refractivity contribution >= 4 is 5.91 Å². The van der Waals surface area contributed by atoms with Gasteiger partial charge in [-0.05, 0) is 38.6 Å². The Balaban J connectivity index is 2.09. The number of piperidine rings is 1. The number of rotatable bonds is 3. The highest BCUT2D eigenvalue weighted by Gasteiger charge is 2.25. The quantitative estimate of drug-likeness (QED) is 0.874. The molecular weight excluding hydrogens is 242 g/mol. The topological polar surface area (TPSA) is 56.7 Å². The minimum Gasteiger partial charge on any atom is -0.390 e. The Morgan fingerprint density at radius 3 is 3.11 bits per heavy atom. The Hall–Kier alpha value is -1.46. The van der Waals surface area contributed by atoms with Crippen molar-refractivity contribution in [1.82, 2.24) is 14.8 Å². The monoisotopic (exact) mass is 263 g/mol. The zero-order valence-corrected chi connectivity index (χ0v) is 11.5. The van der Waals surface area contributed by atoms with E-state index in [0.29, 0.717) is 11.3 Å². The van der Waals surface area contributed by atoms with Crippen LogP contribution in [0.3, 0.4) is 0 Å². The molecule has 19 heavy (non-hydrogen) atoms. The first-order valence-corrected chi connectivity index (χ1v) is 6.63. The molecule has 1 N–H and O–H groups in total. The molecule has 1 unspecified atom stereocenters. The third kappa shape index (κ3) is 3.30. The smallest absolute Gasteiger partial charge is 0.254 e. The lowest BCUT2D eigenvalue weighted by molar-refractivity contribution is 0.0643. The van der Waals surface area contributed by atoms with E-state index in [1.54, 1.807) is 18.3 Å². The molecule has 1 aliphatic rings. The largest absolute Gasteiger partial charge is 0.390 e. The minimum atomic E-state index is -0.142. The molecule has 2 rings (SSSR count). The van der Waals surface area contributed by atoms with Gasteiger partial charge in [-0.2, -0.15) is 0 Å². The Morgan fingerprint density at radius 1 is 1.63 bits per heavy atom. The van der Waals surface area contributed by atoms with E-state index in [4.69, 9.17) is 5.11 Å². The van der Waals surface area contributed by atoms with Gasteiger partial charge >= 0.3 is 0 Å². The number of likely N-dealkylation sites (N-methyl/N-ethyl adjacent to an activating group) is 2. The van der Waals surface area contributed by atoms with Crippen molar-refractivity contribution in [1.29, 1.82) is 0 Å². The lowest BCUT2D eigenvalue weighted by Crippen LogP contribution is -2.47. The van der Waals surface area contributed by atoms with Crippen molar-refractivity contribution in [2.24, 2.45) is 0 Å². The average molecular weight is 263 g/mol. The van der Waals surface area contributed by atoms with Crippen LogP contribution in [0, 0.1) is 0 Å².